The fourth-order valence-electron chi connectivity index (χ4n) is 2.35. The molecule has 1 aromatic carbocycles. The fraction of sp³-hybridized carbons (Fsp3) is 0.357. The highest BCUT2D eigenvalue weighted by Crippen LogP contribution is 2.23. The number of aromatic amines is 1. The van der Waals surface area contributed by atoms with E-state index in [9.17, 15) is 9.18 Å². The smallest absolute Gasteiger partial charge is 0.248 e. The van der Waals surface area contributed by atoms with Crippen molar-refractivity contribution in [3.05, 3.63) is 40.4 Å². The first kappa shape index (κ1) is 12.2. The molecule has 0 amide bonds. The van der Waals surface area contributed by atoms with Crippen molar-refractivity contribution in [2.24, 2.45) is 0 Å². The van der Waals surface area contributed by atoms with Crippen molar-refractivity contribution in [2.75, 3.05) is 13.2 Å². The Bertz CT molecular complexity index is 647. The fourth-order valence-corrected chi connectivity index (χ4v) is 2.35. The average molecular weight is 262 g/mol. The molecule has 0 bridgehead atoms. The Labute approximate surface area is 109 Å². The number of H-pyrrole nitrogens is 1. The second-order valence-corrected chi connectivity index (χ2v) is 4.80. The van der Waals surface area contributed by atoms with Crippen LogP contribution in [0.1, 0.15) is 12.8 Å². The van der Waals surface area contributed by atoms with Crippen LogP contribution in [0.2, 0.25) is 0 Å². The summed E-state index contributed by atoms with van der Waals surface area (Å²) in [6.07, 6.45) is 2.17. The van der Waals surface area contributed by atoms with Crippen LogP contribution in [0.3, 0.4) is 0 Å². The van der Waals surface area contributed by atoms with Gasteiger partial charge in [0.2, 0.25) is 5.56 Å². The van der Waals surface area contributed by atoms with Crippen LogP contribution in [0.5, 0.6) is 5.75 Å². The molecular weight excluding hydrogens is 247 g/mol. The average Bonchev–Trinajstić information content (AvgIpc) is 2.90. The van der Waals surface area contributed by atoms with Gasteiger partial charge in [0.25, 0.3) is 0 Å². The monoisotopic (exact) mass is 262 g/mol. The normalized spacial score (nSPS) is 18.9. The van der Waals surface area contributed by atoms with Gasteiger partial charge in [-0.1, -0.05) is 0 Å². The van der Waals surface area contributed by atoms with Crippen LogP contribution in [-0.2, 0) is 0 Å². The van der Waals surface area contributed by atoms with E-state index in [2.05, 4.69) is 10.3 Å². The summed E-state index contributed by atoms with van der Waals surface area (Å²) in [6.45, 7) is 1.43. The number of ether oxygens (including phenoxy) is 1. The molecule has 4 nitrogen and oxygen atoms in total. The van der Waals surface area contributed by atoms with E-state index in [0.717, 1.165) is 19.4 Å². The Morgan fingerprint density at radius 2 is 2.26 bits per heavy atom. The molecule has 1 atom stereocenters. The summed E-state index contributed by atoms with van der Waals surface area (Å²) in [5.74, 6) is -0.222. The van der Waals surface area contributed by atoms with Crippen molar-refractivity contribution in [1.82, 2.24) is 10.3 Å². The molecule has 0 saturated carbocycles. The number of hydrogen-bond donors (Lipinski definition) is 2. The summed E-state index contributed by atoms with van der Waals surface area (Å²) in [5.41, 5.74) is 0.380. The van der Waals surface area contributed by atoms with E-state index in [1.807, 2.05) is 0 Å². The number of fused-ring (bicyclic) bond motifs is 1. The quantitative estimate of drug-likeness (QED) is 0.886. The largest absolute Gasteiger partial charge is 0.489 e. The molecule has 1 aromatic heterocycles. The third-order valence-electron chi connectivity index (χ3n) is 3.38. The molecule has 0 aliphatic carbocycles. The SMILES string of the molecule is O=c1ccc2cc(F)c(OC[C@@H]3CCCN3)cc2[nH]1. The number of aromatic nitrogens is 1. The van der Waals surface area contributed by atoms with Crippen LogP contribution in [-0.4, -0.2) is 24.2 Å². The molecule has 2 heterocycles. The van der Waals surface area contributed by atoms with E-state index < -0.39 is 5.82 Å². The Morgan fingerprint density at radius 1 is 1.37 bits per heavy atom. The third-order valence-corrected chi connectivity index (χ3v) is 3.38. The van der Waals surface area contributed by atoms with Gasteiger partial charge in [0.15, 0.2) is 11.6 Å². The Morgan fingerprint density at radius 3 is 3.05 bits per heavy atom. The Balaban J connectivity index is 1.85. The first-order chi connectivity index (χ1) is 9.22. The van der Waals surface area contributed by atoms with E-state index in [0.29, 0.717) is 17.5 Å². The summed E-state index contributed by atoms with van der Waals surface area (Å²) < 4.78 is 19.4. The van der Waals surface area contributed by atoms with Crippen molar-refractivity contribution < 1.29 is 9.13 Å². The van der Waals surface area contributed by atoms with Gasteiger partial charge < -0.3 is 15.0 Å². The predicted molar refractivity (Wildman–Crippen MR) is 71.0 cm³/mol. The number of pyridine rings is 1. The second kappa shape index (κ2) is 5.01. The molecular formula is C14H15FN2O2. The maximum Gasteiger partial charge on any atom is 0.248 e. The van der Waals surface area contributed by atoms with Gasteiger partial charge in [-0.05, 0) is 31.5 Å². The molecule has 0 radical (unpaired) electrons. The minimum Gasteiger partial charge on any atom is -0.489 e. The predicted octanol–water partition coefficient (Wildman–Crippen LogP) is 1.80. The van der Waals surface area contributed by atoms with E-state index >= 15 is 0 Å². The molecule has 5 heteroatoms. The number of halogens is 1. The lowest BCUT2D eigenvalue weighted by molar-refractivity contribution is 0.266. The minimum absolute atomic E-state index is 0.183. The molecule has 100 valence electrons. The van der Waals surface area contributed by atoms with Crippen LogP contribution in [0.25, 0.3) is 10.9 Å². The lowest BCUT2D eigenvalue weighted by Crippen LogP contribution is -2.28. The van der Waals surface area contributed by atoms with E-state index in [-0.39, 0.29) is 17.4 Å². The first-order valence-electron chi connectivity index (χ1n) is 6.41. The minimum atomic E-state index is -0.405. The number of rotatable bonds is 3. The van der Waals surface area contributed by atoms with Crippen molar-refractivity contribution in [1.29, 1.82) is 0 Å². The molecule has 19 heavy (non-hydrogen) atoms. The van der Waals surface area contributed by atoms with Crippen LogP contribution < -0.4 is 15.6 Å². The summed E-state index contributed by atoms with van der Waals surface area (Å²) in [5, 5.41) is 3.94. The molecule has 2 aromatic rings. The lowest BCUT2D eigenvalue weighted by Gasteiger charge is -2.13. The zero-order chi connectivity index (χ0) is 13.2. The molecule has 0 spiro atoms. The molecule has 2 N–H and O–H groups in total. The second-order valence-electron chi connectivity index (χ2n) is 4.80. The van der Waals surface area contributed by atoms with Gasteiger partial charge in [-0.3, -0.25) is 4.79 Å². The highest BCUT2D eigenvalue weighted by molar-refractivity contribution is 5.79. The summed E-state index contributed by atoms with van der Waals surface area (Å²) in [4.78, 5) is 13.9. The van der Waals surface area contributed by atoms with Crippen molar-refractivity contribution in [3.8, 4) is 5.75 Å². The van der Waals surface area contributed by atoms with Crippen LogP contribution in [0.4, 0.5) is 4.39 Å². The Kier molecular flexibility index (Phi) is 3.21. The summed E-state index contributed by atoms with van der Waals surface area (Å²) >= 11 is 0. The van der Waals surface area contributed by atoms with Gasteiger partial charge >= 0.3 is 0 Å². The maximum absolute atomic E-state index is 13.9. The molecule has 1 saturated heterocycles. The van der Waals surface area contributed by atoms with Crippen molar-refractivity contribution in [2.45, 2.75) is 18.9 Å². The van der Waals surface area contributed by atoms with Gasteiger partial charge in [-0.25, -0.2) is 4.39 Å². The van der Waals surface area contributed by atoms with Crippen LogP contribution in [0.15, 0.2) is 29.1 Å². The number of nitrogens with one attached hydrogen (secondary N) is 2. The molecule has 1 aliphatic rings. The topological polar surface area (TPSA) is 54.1 Å². The first-order valence-corrected chi connectivity index (χ1v) is 6.41. The van der Waals surface area contributed by atoms with E-state index in [1.54, 1.807) is 12.1 Å². The van der Waals surface area contributed by atoms with Gasteiger partial charge in [0, 0.05) is 23.6 Å². The molecule has 0 unspecified atom stereocenters. The molecule has 1 aliphatic heterocycles. The van der Waals surface area contributed by atoms with Crippen LogP contribution in [0, 0.1) is 5.82 Å². The lowest BCUT2D eigenvalue weighted by atomic mass is 10.2. The Hall–Kier alpha value is -1.88. The number of hydrogen-bond acceptors (Lipinski definition) is 3. The van der Waals surface area contributed by atoms with Gasteiger partial charge in [0.1, 0.15) is 6.61 Å². The maximum atomic E-state index is 13.9. The van der Waals surface area contributed by atoms with Crippen LogP contribution >= 0.6 is 0 Å². The highest BCUT2D eigenvalue weighted by Gasteiger charge is 2.15. The van der Waals surface area contributed by atoms with Crippen molar-refractivity contribution >= 4 is 10.9 Å². The van der Waals surface area contributed by atoms with Gasteiger partial charge in [-0.15, -0.1) is 0 Å². The highest BCUT2D eigenvalue weighted by atomic mass is 19.1. The molecule has 1 fully saturated rings. The third kappa shape index (κ3) is 2.61. The van der Waals surface area contributed by atoms with E-state index in [1.165, 1.54) is 12.1 Å². The number of benzene rings is 1. The summed E-state index contributed by atoms with van der Waals surface area (Å²) in [6, 6.07) is 6.18. The van der Waals surface area contributed by atoms with Crippen molar-refractivity contribution in [3.63, 3.8) is 0 Å². The van der Waals surface area contributed by atoms with Gasteiger partial charge in [0.05, 0.1) is 5.52 Å². The zero-order valence-corrected chi connectivity index (χ0v) is 10.4. The van der Waals surface area contributed by atoms with Gasteiger partial charge in [-0.2, -0.15) is 0 Å². The van der Waals surface area contributed by atoms with E-state index in [4.69, 9.17) is 4.74 Å². The zero-order valence-electron chi connectivity index (χ0n) is 10.4. The summed E-state index contributed by atoms with van der Waals surface area (Å²) in [7, 11) is 0. The standard InChI is InChI=1S/C14H15FN2O2/c15-11-6-9-3-4-14(18)17-12(9)7-13(11)19-8-10-2-1-5-16-10/h3-4,6-7,10,16H,1-2,5,8H2,(H,17,18)/t10-/m0/s1. The molecule has 3 rings (SSSR count).